The van der Waals surface area contributed by atoms with Crippen LogP contribution in [0.2, 0.25) is 0 Å². The smallest absolute Gasteiger partial charge is 0.342 e. The summed E-state index contributed by atoms with van der Waals surface area (Å²) in [6.07, 6.45) is 8.13. The van der Waals surface area contributed by atoms with E-state index >= 15 is 0 Å². The summed E-state index contributed by atoms with van der Waals surface area (Å²) >= 11 is 0. The molecule has 1 N–H and O–H groups in total. The molecule has 32 heavy (non-hydrogen) atoms. The molecule has 0 radical (unpaired) electrons. The van der Waals surface area contributed by atoms with Crippen molar-refractivity contribution in [1.82, 2.24) is 0 Å². The second-order valence-electron chi connectivity index (χ2n) is 8.29. The Balaban J connectivity index is 1.79. The first-order valence-corrected chi connectivity index (χ1v) is 11.0. The molecule has 0 bridgehead atoms. The van der Waals surface area contributed by atoms with Crippen LogP contribution in [0.15, 0.2) is 35.0 Å². The molecule has 168 valence electrons. The van der Waals surface area contributed by atoms with Gasteiger partial charge in [-0.25, -0.2) is 4.79 Å². The van der Waals surface area contributed by atoms with Gasteiger partial charge in [-0.05, 0) is 56.4 Å². The van der Waals surface area contributed by atoms with Crippen LogP contribution in [0.1, 0.15) is 85.0 Å². The number of cyclic esters (lactones) is 1. The fourth-order valence-electron chi connectivity index (χ4n) is 4.25. The maximum atomic E-state index is 13.1. The summed E-state index contributed by atoms with van der Waals surface area (Å²) in [4.78, 5) is 37.3. The number of rotatable bonds is 1. The minimum absolute atomic E-state index is 0.0117. The number of benzene rings is 1. The van der Waals surface area contributed by atoms with E-state index in [1.807, 2.05) is 6.08 Å². The summed E-state index contributed by atoms with van der Waals surface area (Å²) in [5.41, 5.74) is 0.771. The molecule has 7 nitrogen and oxygen atoms in total. The number of phenolic OH excluding ortho intramolecular Hbond substituents is 1. The summed E-state index contributed by atoms with van der Waals surface area (Å²) in [7, 11) is 0. The fraction of sp³-hybridized carbons (Fsp3) is 0.400. The zero-order valence-corrected chi connectivity index (χ0v) is 18.0. The molecule has 0 unspecified atom stereocenters. The molecule has 2 aliphatic rings. The number of aromatic hydroxyl groups is 1. The summed E-state index contributed by atoms with van der Waals surface area (Å²) in [5, 5.41) is 11.2. The molecule has 7 heteroatoms. The van der Waals surface area contributed by atoms with E-state index in [1.165, 1.54) is 6.26 Å². The van der Waals surface area contributed by atoms with Gasteiger partial charge < -0.3 is 19.0 Å². The fourth-order valence-corrected chi connectivity index (χ4v) is 4.25. The van der Waals surface area contributed by atoms with Crippen LogP contribution in [-0.2, 0) is 14.3 Å². The Morgan fingerprint density at radius 1 is 1.12 bits per heavy atom. The summed E-state index contributed by atoms with van der Waals surface area (Å²) < 4.78 is 16.5. The molecule has 0 amide bonds. The quantitative estimate of drug-likeness (QED) is 0.498. The van der Waals surface area contributed by atoms with Crippen LogP contribution in [0.5, 0.6) is 11.5 Å². The lowest BCUT2D eigenvalue weighted by atomic mass is 9.86. The molecule has 4 rings (SSSR count). The second-order valence-corrected chi connectivity index (χ2v) is 8.29. The van der Waals surface area contributed by atoms with E-state index in [9.17, 15) is 19.5 Å². The molecular weight excluding hydrogens is 412 g/mol. The maximum Gasteiger partial charge on any atom is 0.342 e. The van der Waals surface area contributed by atoms with E-state index in [2.05, 4.69) is 0 Å². The third-order valence-corrected chi connectivity index (χ3v) is 5.86. The predicted octanol–water partition coefficient (Wildman–Crippen LogP) is 4.91. The number of fused-ring (bicyclic) bond motifs is 2. The lowest BCUT2D eigenvalue weighted by molar-refractivity contribution is -0.135. The summed E-state index contributed by atoms with van der Waals surface area (Å²) in [6.45, 7) is 1.77. The van der Waals surface area contributed by atoms with Gasteiger partial charge in [0.15, 0.2) is 0 Å². The molecule has 2 atom stereocenters. The number of allylic oxidation sites excluding steroid dienone is 1. The first-order valence-electron chi connectivity index (χ1n) is 11.0. The van der Waals surface area contributed by atoms with Gasteiger partial charge in [-0.1, -0.05) is 12.2 Å². The number of hydrogen-bond donors (Lipinski definition) is 1. The number of phenols is 1. The van der Waals surface area contributed by atoms with Gasteiger partial charge in [0.05, 0.1) is 24.7 Å². The van der Waals surface area contributed by atoms with Crippen molar-refractivity contribution in [3.8, 4) is 11.5 Å². The molecular formula is C25H26O7. The van der Waals surface area contributed by atoms with E-state index in [-0.39, 0.29) is 29.3 Å². The normalized spacial score (nSPS) is 23.3. The van der Waals surface area contributed by atoms with Gasteiger partial charge >= 0.3 is 11.9 Å². The van der Waals surface area contributed by atoms with Crippen molar-refractivity contribution in [3.63, 3.8) is 0 Å². The highest BCUT2D eigenvalue weighted by atomic mass is 16.5. The average molecular weight is 438 g/mol. The molecule has 0 fully saturated rings. The van der Waals surface area contributed by atoms with Crippen molar-refractivity contribution in [3.05, 3.63) is 53.0 Å². The topological polar surface area (TPSA) is 103 Å². The highest BCUT2D eigenvalue weighted by molar-refractivity contribution is 5.98. The zero-order valence-electron chi connectivity index (χ0n) is 18.0. The van der Waals surface area contributed by atoms with Crippen molar-refractivity contribution in [1.29, 1.82) is 0 Å². The number of carbonyl (C=O) groups is 3. The molecule has 3 heterocycles. The Hall–Kier alpha value is -3.35. The highest BCUT2D eigenvalue weighted by Crippen LogP contribution is 2.47. The highest BCUT2D eigenvalue weighted by Gasteiger charge is 2.36. The molecule has 0 saturated carbocycles. The number of esters is 2. The average Bonchev–Trinajstić information content (AvgIpc) is 3.27. The van der Waals surface area contributed by atoms with Crippen molar-refractivity contribution >= 4 is 23.8 Å². The van der Waals surface area contributed by atoms with Crippen LogP contribution >= 0.6 is 0 Å². The second kappa shape index (κ2) is 9.42. The first kappa shape index (κ1) is 21.9. The van der Waals surface area contributed by atoms with E-state index in [0.29, 0.717) is 55.4 Å². The maximum absolute atomic E-state index is 13.1. The predicted molar refractivity (Wildman–Crippen MR) is 116 cm³/mol. The molecule has 0 aliphatic carbocycles. The lowest BCUT2D eigenvalue weighted by Crippen LogP contribution is -2.23. The Kier molecular flexibility index (Phi) is 6.44. The van der Waals surface area contributed by atoms with Crippen LogP contribution in [0.3, 0.4) is 0 Å². The minimum atomic E-state index is -0.657. The van der Waals surface area contributed by atoms with Gasteiger partial charge in [-0.3, -0.25) is 9.59 Å². The van der Waals surface area contributed by atoms with Gasteiger partial charge in [-0.15, -0.1) is 0 Å². The zero-order chi connectivity index (χ0) is 22.7. The molecule has 2 aromatic rings. The van der Waals surface area contributed by atoms with Crippen LogP contribution < -0.4 is 4.74 Å². The lowest BCUT2D eigenvalue weighted by Gasteiger charge is -2.26. The third kappa shape index (κ3) is 4.61. The van der Waals surface area contributed by atoms with Gasteiger partial charge in [-0.2, -0.15) is 0 Å². The van der Waals surface area contributed by atoms with Crippen LogP contribution in [0.25, 0.3) is 6.08 Å². The first-order chi connectivity index (χ1) is 15.4. The molecule has 1 aromatic carbocycles. The monoisotopic (exact) mass is 438 g/mol. The van der Waals surface area contributed by atoms with E-state index < -0.39 is 24.0 Å². The van der Waals surface area contributed by atoms with Crippen LogP contribution in [0.4, 0.5) is 0 Å². The Morgan fingerprint density at radius 2 is 1.94 bits per heavy atom. The molecule has 1 aromatic heterocycles. The molecule has 0 saturated heterocycles. The number of hydrogen-bond acceptors (Lipinski definition) is 7. The van der Waals surface area contributed by atoms with Gasteiger partial charge in [0.2, 0.25) is 0 Å². The van der Waals surface area contributed by atoms with Crippen molar-refractivity contribution in [2.75, 3.05) is 0 Å². The number of carbonyl (C=O) groups excluding carboxylic acids is 3. The summed E-state index contributed by atoms with van der Waals surface area (Å²) in [6, 6.07) is 5.01. The van der Waals surface area contributed by atoms with Gasteiger partial charge in [0, 0.05) is 18.4 Å². The van der Waals surface area contributed by atoms with Crippen LogP contribution in [0, 0.1) is 0 Å². The van der Waals surface area contributed by atoms with Crippen LogP contribution in [-0.4, -0.2) is 28.9 Å². The number of furan rings is 1. The number of ether oxygens (including phenoxy) is 2. The minimum Gasteiger partial charge on any atom is -0.507 e. The Bertz CT molecular complexity index is 1050. The van der Waals surface area contributed by atoms with Gasteiger partial charge in [0.25, 0.3) is 0 Å². The van der Waals surface area contributed by atoms with Crippen molar-refractivity contribution < 1.29 is 33.4 Å². The largest absolute Gasteiger partial charge is 0.507 e. The van der Waals surface area contributed by atoms with E-state index in [0.717, 1.165) is 0 Å². The van der Waals surface area contributed by atoms with E-state index in [4.69, 9.17) is 13.9 Å². The van der Waals surface area contributed by atoms with Crippen molar-refractivity contribution in [2.45, 2.75) is 63.9 Å². The Morgan fingerprint density at radius 3 is 2.72 bits per heavy atom. The van der Waals surface area contributed by atoms with Gasteiger partial charge in [0.1, 0.15) is 28.6 Å². The van der Waals surface area contributed by atoms with E-state index in [1.54, 1.807) is 31.2 Å². The standard InChI is InChI=1S/C25H26O7/c1-15-7-5-10-17(26)9-4-2-3-8-16-13-20-23(24(28)22(16)25(29)31-15)18(14-21(27)32-20)19-11-6-12-30-19/h3,6,8,11-13,15,18,28H,2,4-5,7,9-10,14H2,1H3/b8-3+/t15-,18+/m1/s1. The number of ketones is 1. The summed E-state index contributed by atoms with van der Waals surface area (Å²) in [5.74, 6) is -1.04. The number of Topliss-reactive ketones (excluding diaryl/α,β-unsaturated/α-hetero) is 1. The molecule has 2 aliphatic heterocycles. The SMILES string of the molecule is C[C@@H]1CCCC(=O)CCC/C=C/c2cc3c(c(O)c2C(=O)O1)[C@H](c1ccco1)CC(=O)O3. The Labute approximate surface area is 186 Å². The van der Waals surface area contributed by atoms with Crippen molar-refractivity contribution in [2.24, 2.45) is 0 Å². The molecule has 0 spiro atoms. The third-order valence-electron chi connectivity index (χ3n) is 5.86.